The van der Waals surface area contributed by atoms with Crippen LogP contribution in [0.3, 0.4) is 0 Å². The van der Waals surface area contributed by atoms with Crippen LogP contribution in [-0.2, 0) is 10.0 Å². The first-order valence-corrected chi connectivity index (χ1v) is 11.4. The number of aromatic carboxylic acids is 1. The molecule has 0 spiro atoms. The number of sulfonamides is 1. The number of rotatable bonds is 4. The first-order chi connectivity index (χ1) is 15.7. The Morgan fingerprint density at radius 2 is 1.82 bits per heavy atom. The largest absolute Gasteiger partial charge is 0.477 e. The Kier molecular flexibility index (Phi) is 5.82. The van der Waals surface area contributed by atoms with Gasteiger partial charge in [0.2, 0.25) is 0 Å². The number of fused-ring (bicyclic) bond motifs is 1. The Hall–Kier alpha value is -4.22. The number of aromatic nitrogens is 2. The highest BCUT2D eigenvalue weighted by molar-refractivity contribution is 7.93. The Balaban J connectivity index is 1.74. The van der Waals surface area contributed by atoms with Crippen molar-refractivity contribution in [2.24, 2.45) is 0 Å². The van der Waals surface area contributed by atoms with Crippen LogP contribution in [0.2, 0.25) is 0 Å². The number of carboxylic acids is 1. The molecular weight excluding hydrogens is 438 g/mol. The third kappa shape index (κ3) is 4.68. The minimum absolute atomic E-state index is 0.0800. The van der Waals surface area contributed by atoms with Crippen LogP contribution in [-0.4, -0.2) is 29.5 Å². The normalized spacial score (nSPS) is 11.0. The molecule has 2 aromatic heterocycles. The Labute approximate surface area is 191 Å². The number of nitrogens with one attached hydrogen (secondary N) is 1. The molecular formula is C25H19N3O4S. The minimum Gasteiger partial charge on any atom is -0.477 e. The van der Waals surface area contributed by atoms with E-state index in [1.165, 1.54) is 12.3 Å². The summed E-state index contributed by atoms with van der Waals surface area (Å²) >= 11 is 0. The molecule has 0 bridgehead atoms. The first-order valence-electron chi connectivity index (χ1n) is 9.94. The summed E-state index contributed by atoms with van der Waals surface area (Å²) < 4.78 is 29.4. The number of hydrogen-bond donors (Lipinski definition) is 2. The third-order valence-corrected chi connectivity index (χ3v) is 6.48. The molecule has 33 heavy (non-hydrogen) atoms. The lowest BCUT2D eigenvalue weighted by Crippen LogP contribution is -2.16. The summed E-state index contributed by atoms with van der Waals surface area (Å²) in [5.74, 6) is 4.75. The van der Waals surface area contributed by atoms with Crippen LogP contribution in [0.15, 0.2) is 71.9 Å². The number of carbonyl (C=O) groups is 1. The summed E-state index contributed by atoms with van der Waals surface area (Å²) in [6.45, 7) is 3.61. The zero-order valence-electron chi connectivity index (χ0n) is 17.8. The van der Waals surface area contributed by atoms with Gasteiger partial charge in [0.1, 0.15) is 10.6 Å². The second-order valence-electron chi connectivity index (χ2n) is 7.43. The molecule has 2 aromatic carbocycles. The van der Waals surface area contributed by atoms with Gasteiger partial charge in [-0.1, -0.05) is 36.1 Å². The van der Waals surface area contributed by atoms with Gasteiger partial charge >= 0.3 is 5.97 Å². The lowest BCUT2D eigenvalue weighted by molar-refractivity contribution is 0.0690. The lowest BCUT2D eigenvalue weighted by Gasteiger charge is -2.14. The van der Waals surface area contributed by atoms with E-state index in [0.29, 0.717) is 27.9 Å². The molecule has 0 saturated heterocycles. The van der Waals surface area contributed by atoms with Gasteiger partial charge in [0, 0.05) is 28.9 Å². The van der Waals surface area contributed by atoms with E-state index in [9.17, 15) is 13.2 Å². The SMILES string of the molecule is Cc1ccc(NS(=O)(=O)c2c(C)ccc3cccnc23)c(C#Cc2ccc(C(=O)O)nc2)c1. The summed E-state index contributed by atoms with van der Waals surface area (Å²) in [5, 5.41) is 9.70. The van der Waals surface area contributed by atoms with Crippen LogP contribution < -0.4 is 4.72 Å². The van der Waals surface area contributed by atoms with E-state index < -0.39 is 16.0 Å². The predicted octanol–water partition coefficient (Wildman–Crippen LogP) is 4.15. The van der Waals surface area contributed by atoms with Gasteiger partial charge in [-0.3, -0.25) is 9.71 Å². The van der Waals surface area contributed by atoms with Crippen molar-refractivity contribution in [1.29, 1.82) is 0 Å². The topological polar surface area (TPSA) is 109 Å². The highest BCUT2D eigenvalue weighted by atomic mass is 32.2. The van der Waals surface area contributed by atoms with Crippen molar-refractivity contribution >= 4 is 32.6 Å². The van der Waals surface area contributed by atoms with Crippen LogP contribution in [0.5, 0.6) is 0 Å². The van der Waals surface area contributed by atoms with E-state index in [1.54, 1.807) is 49.5 Å². The monoisotopic (exact) mass is 457 g/mol. The molecule has 0 saturated carbocycles. The standard InChI is InChI=1S/C25H19N3O4S/c1-16-5-11-21(20(14-16)10-7-18-8-12-22(25(29)30)27-15-18)28-33(31,32)24-17(2)6-9-19-4-3-13-26-23(19)24/h3-6,8-9,11-15,28H,1-2H3,(H,29,30). The van der Waals surface area contributed by atoms with Crippen molar-refractivity contribution in [2.75, 3.05) is 4.72 Å². The van der Waals surface area contributed by atoms with Gasteiger partial charge in [0.05, 0.1) is 11.2 Å². The molecule has 0 aliphatic heterocycles. The van der Waals surface area contributed by atoms with Crippen molar-refractivity contribution in [1.82, 2.24) is 9.97 Å². The zero-order valence-corrected chi connectivity index (χ0v) is 18.6. The second kappa shape index (κ2) is 8.73. The molecule has 164 valence electrons. The number of anilines is 1. The van der Waals surface area contributed by atoms with Crippen LogP contribution in [0.25, 0.3) is 10.9 Å². The maximum Gasteiger partial charge on any atom is 0.354 e. The van der Waals surface area contributed by atoms with E-state index in [1.807, 2.05) is 19.1 Å². The second-order valence-corrected chi connectivity index (χ2v) is 9.05. The molecule has 7 nitrogen and oxygen atoms in total. The van der Waals surface area contributed by atoms with Crippen molar-refractivity contribution in [3.05, 3.63) is 94.9 Å². The van der Waals surface area contributed by atoms with Gasteiger partial charge in [-0.15, -0.1) is 0 Å². The maximum absolute atomic E-state index is 13.4. The molecule has 0 aliphatic carbocycles. The van der Waals surface area contributed by atoms with E-state index >= 15 is 0 Å². The van der Waals surface area contributed by atoms with Crippen LogP contribution in [0, 0.1) is 25.7 Å². The van der Waals surface area contributed by atoms with Crippen molar-refractivity contribution in [2.45, 2.75) is 18.7 Å². The smallest absolute Gasteiger partial charge is 0.354 e. The molecule has 0 aliphatic rings. The molecule has 0 radical (unpaired) electrons. The van der Waals surface area contributed by atoms with Gasteiger partial charge in [-0.05, 0) is 55.3 Å². The summed E-state index contributed by atoms with van der Waals surface area (Å²) in [4.78, 5) is 19.2. The number of benzene rings is 2. The molecule has 0 fully saturated rings. The fourth-order valence-corrected chi connectivity index (χ4v) is 4.83. The van der Waals surface area contributed by atoms with Crippen LogP contribution in [0.1, 0.15) is 32.7 Å². The Morgan fingerprint density at radius 3 is 2.55 bits per heavy atom. The molecule has 4 aromatic rings. The average molecular weight is 458 g/mol. The molecule has 0 atom stereocenters. The van der Waals surface area contributed by atoms with Gasteiger partial charge < -0.3 is 5.11 Å². The average Bonchev–Trinajstić information content (AvgIpc) is 2.79. The highest BCUT2D eigenvalue weighted by Gasteiger charge is 2.22. The number of hydrogen-bond acceptors (Lipinski definition) is 5. The molecule has 2 heterocycles. The van der Waals surface area contributed by atoms with E-state index in [4.69, 9.17) is 5.11 Å². The van der Waals surface area contributed by atoms with Gasteiger partial charge in [-0.25, -0.2) is 18.2 Å². The minimum atomic E-state index is -3.96. The summed E-state index contributed by atoms with van der Waals surface area (Å²) in [6, 6.07) is 15.3. The molecule has 0 unspecified atom stereocenters. The molecule has 0 amide bonds. The van der Waals surface area contributed by atoms with E-state index in [0.717, 1.165) is 10.9 Å². The fraction of sp³-hybridized carbons (Fsp3) is 0.0800. The third-order valence-electron chi connectivity index (χ3n) is 4.94. The summed E-state index contributed by atoms with van der Waals surface area (Å²) in [5.41, 5.74) is 3.12. The highest BCUT2D eigenvalue weighted by Crippen LogP contribution is 2.28. The molecule has 8 heteroatoms. The summed E-state index contributed by atoms with van der Waals surface area (Å²) in [6.07, 6.45) is 2.93. The van der Waals surface area contributed by atoms with Gasteiger partial charge in [0.25, 0.3) is 10.0 Å². The number of aryl methyl sites for hydroxylation is 2. The van der Waals surface area contributed by atoms with Crippen molar-refractivity contribution < 1.29 is 18.3 Å². The number of carboxylic acid groups (broad SMARTS) is 1. The van der Waals surface area contributed by atoms with Crippen molar-refractivity contribution in [3.8, 4) is 11.8 Å². The number of pyridine rings is 2. The predicted molar refractivity (Wildman–Crippen MR) is 126 cm³/mol. The van der Waals surface area contributed by atoms with Gasteiger partial charge in [0.15, 0.2) is 0 Å². The fourth-order valence-electron chi connectivity index (χ4n) is 3.34. The van der Waals surface area contributed by atoms with Crippen LogP contribution in [0.4, 0.5) is 5.69 Å². The maximum atomic E-state index is 13.4. The summed E-state index contributed by atoms with van der Waals surface area (Å²) in [7, 11) is -3.96. The quantitative estimate of drug-likeness (QED) is 0.446. The van der Waals surface area contributed by atoms with Gasteiger partial charge in [-0.2, -0.15) is 0 Å². The number of nitrogens with zero attached hydrogens (tertiary/aromatic N) is 2. The first kappa shape index (κ1) is 22.0. The van der Waals surface area contributed by atoms with E-state index in [2.05, 4.69) is 26.5 Å². The van der Waals surface area contributed by atoms with Crippen LogP contribution >= 0.6 is 0 Å². The Morgan fingerprint density at radius 1 is 1.00 bits per heavy atom. The Bertz CT molecular complexity index is 1550. The lowest BCUT2D eigenvalue weighted by atomic mass is 10.1. The molecule has 4 rings (SSSR count). The molecule has 2 N–H and O–H groups in total. The van der Waals surface area contributed by atoms with E-state index in [-0.39, 0.29) is 10.6 Å². The van der Waals surface area contributed by atoms with Crippen molar-refractivity contribution in [3.63, 3.8) is 0 Å². The zero-order chi connectivity index (χ0) is 23.6.